The zero-order valence-electron chi connectivity index (χ0n) is 17.1. The maximum absolute atomic E-state index is 13.5. The normalized spacial score (nSPS) is 17.8. The third kappa shape index (κ3) is 3.80. The number of benzene rings is 2. The van der Waals surface area contributed by atoms with E-state index in [1.54, 1.807) is 42.5 Å². The van der Waals surface area contributed by atoms with Crippen molar-refractivity contribution in [3.63, 3.8) is 0 Å². The lowest BCUT2D eigenvalue weighted by Crippen LogP contribution is -2.46. The van der Waals surface area contributed by atoms with Crippen molar-refractivity contribution in [2.45, 2.75) is 6.92 Å². The van der Waals surface area contributed by atoms with Gasteiger partial charge < -0.3 is 14.5 Å². The maximum Gasteiger partial charge on any atom is 0.282 e. The zero-order chi connectivity index (χ0) is 21.3. The van der Waals surface area contributed by atoms with Crippen LogP contribution in [0.4, 0.5) is 5.69 Å². The van der Waals surface area contributed by atoms with Crippen LogP contribution in [0.1, 0.15) is 12.5 Å². The van der Waals surface area contributed by atoms with E-state index in [9.17, 15) is 9.59 Å². The number of rotatable bonds is 5. The molecular formula is C23H24ClN3O3. The highest BCUT2D eigenvalue weighted by atomic mass is 35.5. The number of likely N-dealkylation sites (N-methyl/N-ethyl adjacent to an activating group) is 1. The average Bonchev–Trinajstić information content (AvgIpc) is 3.00. The van der Waals surface area contributed by atoms with Crippen LogP contribution in [0.25, 0.3) is 5.57 Å². The summed E-state index contributed by atoms with van der Waals surface area (Å²) < 4.78 is 5.56. The van der Waals surface area contributed by atoms with Crippen LogP contribution in [-0.2, 0) is 9.59 Å². The number of imide groups is 1. The smallest absolute Gasteiger partial charge is 0.282 e. The number of hydrogen-bond acceptors (Lipinski definition) is 5. The highest BCUT2D eigenvalue weighted by molar-refractivity contribution is 6.45. The Hall–Kier alpha value is -2.83. The van der Waals surface area contributed by atoms with Crippen LogP contribution >= 0.6 is 11.6 Å². The number of ether oxygens (including phenoxy) is 1. The minimum absolute atomic E-state index is 0.303. The molecule has 30 heavy (non-hydrogen) atoms. The lowest BCUT2D eigenvalue weighted by Gasteiger charge is -2.34. The fourth-order valence-corrected chi connectivity index (χ4v) is 3.96. The van der Waals surface area contributed by atoms with E-state index in [0.717, 1.165) is 13.1 Å². The van der Waals surface area contributed by atoms with Gasteiger partial charge in [-0.2, -0.15) is 0 Å². The number of carbonyl (C=O) groups is 2. The van der Waals surface area contributed by atoms with Gasteiger partial charge in [0.1, 0.15) is 11.4 Å². The van der Waals surface area contributed by atoms with E-state index >= 15 is 0 Å². The molecule has 0 unspecified atom stereocenters. The van der Waals surface area contributed by atoms with Gasteiger partial charge in [0.15, 0.2) is 0 Å². The molecule has 0 N–H and O–H groups in total. The molecule has 0 atom stereocenters. The Morgan fingerprint density at radius 2 is 1.67 bits per heavy atom. The SMILES string of the molecule is CCOc1cccc(N2C(=O)C(c3ccc(Cl)cc3)=C(N3CCN(C)CC3)C2=O)c1. The Bertz CT molecular complexity index is 995. The third-order valence-electron chi connectivity index (χ3n) is 5.40. The topological polar surface area (TPSA) is 53.1 Å². The van der Waals surface area contributed by atoms with Gasteiger partial charge in [-0.05, 0) is 43.8 Å². The minimum atomic E-state index is -0.329. The molecule has 1 saturated heterocycles. The molecule has 6 nitrogen and oxygen atoms in total. The van der Waals surface area contributed by atoms with Crippen molar-refractivity contribution in [1.82, 2.24) is 9.80 Å². The molecule has 0 radical (unpaired) electrons. The summed E-state index contributed by atoms with van der Waals surface area (Å²) in [7, 11) is 2.05. The Morgan fingerprint density at radius 1 is 0.967 bits per heavy atom. The van der Waals surface area contributed by atoms with Gasteiger partial charge in [-0.25, -0.2) is 4.90 Å². The number of carbonyl (C=O) groups excluding carboxylic acids is 2. The van der Waals surface area contributed by atoms with E-state index in [4.69, 9.17) is 16.3 Å². The molecule has 0 aliphatic carbocycles. The summed E-state index contributed by atoms with van der Waals surface area (Å²) in [5.41, 5.74) is 2.07. The molecule has 2 aromatic carbocycles. The molecule has 2 aromatic rings. The zero-order valence-corrected chi connectivity index (χ0v) is 17.9. The van der Waals surface area contributed by atoms with Gasteiger partial charge in [0.05, 0.1) is 17.9 Å². The summed E-state index contributed by atoms with van der Waals surface area (Å²) in [6.45, 7) is 5.44. The van der Waals surface area contributed by atoms with Crippen molar-refractivity contribution in [1.29, 1.82) is 0 Å². The fraction of sp³-hybridized carbons (Fsp3) is 0.304. The maximum atomic E-state index is 13.5. The Kier molecular flexibility index (Phi) is 5.79. The molecule has 4 rings (SSSR count). The van der Waals surface area contributed by atoms with E-state index in [-0.39, 0.29) is 11.8 Å². The van der Waals surface area contributed by atoms with Gasteiger partial charge >= 0.3 is 0 Å². The van der Waals surface area contributed by atoms with Crippen molar-refractivity contribution in [3.8, 4) is 5.75 Å². The van der Waals surface area contributed by atoms with Crippen LogP contribution in [0.15, 0.2) is 54.2 Å². The second kappa shape index (κ2) is 8.50. The van der Waals surface area contributed by atoms with Crippen LogP contribution in [0, 0.1) is 0 Å². The first-order valence-corrected chi connectivity index (χ1v) is 10.4. The number of amides is 2. The first-order valence-electron chi connectivity index (χ1n) is 10.0. The van der Waals surface area contributed by atoms with Gasteiger partial charge in [0, 0.05) is 37.3 Å². The second-order valence-corrected chi connectivity index (χ2v) is 7.83. The Morgan fingerprint density at radius 3 is 2.33 bits per heavy atom. The van der Waals surface area contributed by atoms with Crippen molar-refractivity contribution in [2.24, 2.45) is 0 Å². The molecule has 0 bridgehead atoms. The molecule has 156 valence electrons. The highest BCUT2D eigenvalue weighted by Gasteiger charge is 2.43. The second-order valence-electron chi connectivity index (χ2n) is 7.40. The molecular weight excluding hydrogens is 402 g/mol. The number of anilines is 1. The monoisotopic (exact) mass is 425 g/mol. The van der Waals surface area contributed by atoms with E-state index < -0.39 is 0 Å². The standard InChI is InChI=1S/C23H24ClN3O3/c1-3-30-19-6-4-5-18(15-19)27-22(28)20(16-7-9-17(24)10-8-16)21(23(27)29)26-13-11-25(2)12-14-26/h4-10,15H,3,11-14H2,1-2H3. The van der Waals surface area contributed by atoms with Crippen molar-refractivity contribution < 1.29 is 14.3 Å². The predicted octanol–water partition coefficient (Wildman–Crippen LogP) is 3.27. The molecule has 1 fully saturated rings. The van der Waals surface area contributed by atoms with Gasteiger partial charge in [-0.1, -0.05) is 29.8 Å². The molecule has 2 heterocycles. The summed E-state index contributed by atoms with van der Waals surface area (Å²) in [6, 6.07) is 14.1. The molecule has 0 spiro atoms. The predicted molar refractivity (Wildman–Crippen MR) is 118 cm³/mol. The van der Waals surface area contributed by atoms with Crippen LogP contribution < -0.4 is 9.64 Å². The molecule has 2 amide bonds. The van der Waals surface area contributed by atoms with Crippen LogP contribution in [0.5, 0.6) is 5.75 Å². The number of piperazine rings is 1. The largest absolute Gasteiger partial charge is 0.494 e. The first kappa shape index (κ1) is 20.4. The molecule has 0 aromatic heterocycles. The highest BCUT2D eigenvalue weighted by Crippen LogP contribution is 2.36. The number of halogens is 1. The third-order valence-corrected chi connectivity index (χ3v) is 5.65. The van der Waals surface area contributed by atoms with Crippen LogP contribution in [-0.4, -0.2) is 61.4 Å². The molecule has 0 saturated carbocycles. The molecule has 2 aliphatic rings. The van der Waals surface area contributed by atoms with Crippen molar-refractivity contribution >= 4 is 34.7 Å². The quantitative estimate of drug-likeness (QED) is 0.688. The van der Waals surface area contributed by atoms with Crippen LogP contribution in [0.3, 0.4) is 0 Å². The summed E-state index contributed by atoms with van der Waals surface area (Å²) in [5, 5.41) is 0.582. The first-order chi connectivity index (χ1) is 14.5. The van der Waals surface area contributed by atoms with Gasteiger partial charge in [-0.3, -0.25) is 9.59 Å². The number of nitrogens with zero attached hydrogens (tertiary/aromatic N) is 3. The Labute approximate surface area is 181 Å². The van der Waals surface area contributed by atoms with Crippen molar-refractivity contribution in [3.05, 3.63) is 64.8 Å². The average molecular weight is 426 g/mol. The van der Waals surface area contributed by atoms with Gasteiger partial charge in [0.2, 0.25) is 0 Å². The Balaban J connectivity index is 1.77. The van der Waals surface area contributed by atoms with Crippen LogP contribution in [0.2, 0.25) is 5.02 Å². The van der Waals surface area contributed by atoms with Crippen molar-refractivity contribution in [2.75, 3.05) is 44.7 Å². The van der Waals surface area contributed by atoms with E-state index in [2.05, 4.69) is 11.9 Å². The fourth-order valence-electron chi connectivity index (χ4n) is 3.83. The summed E-state index contributed by atoms with van der Waals surface area (Å²) in [5.74, 6) is -0.00950. The molecule has 7 heteroatoms. The van der Waals surface area contributed by atoms with E-state index in [1.165, 1.54) is 4.90 Å². The number of hydrogen-bond donors (Lipinski definition) is 0. The summed E-state index contributed by atoms with van der Waals surface area (Å²) in [4.78, 5) is 32.6. The lowest BCUT2D eigenvalue weighted by atomic mass is 10.0. The van der Waals surface area contributed by atoms with E-state index in [0.29, 0.717) is 53.0 Å². The van der Waals surface area contributed by atoms with E-state index in [1.807, 2.05) is 17.9 Å². The van der Waals surface area contributed by atoms with Gasteiger partial charge in [-0.15, -0.1) is 0 Å². The summed E-state index contributed by atoms with van der Waals surface area (Å²) in [6.07, 6.45) is 0. The van der Waals surface area contributed by atoms with Gasteiger partial charge in [0.25, 0.3) is 11.8 Å². The molecule has 2 aliphatic heterocycles. The minimum Gasteiger partial charge on any atom is -0.494 e. The summed E-state index contributed by atoms with van der Waals surface area (Å²) >= 11 is 6.05. The lowest BCUT2D eigenvalue weighted by molar-refractivity contribution is -0.120.